The molecule has 1 aliphatic heterocycles. The van der Waals surface area contributed by atoms with Crippen molar-refractivity contribution in [3.8, 4) is 0 Å². The first-order chi connectivity index (χ1) is 13.1. The number of rotatable bonds is 11. The second-order valence-electron chi connectivity index (χ2n) is 7.07. The first-order valence-corrected chi connectivity index (χ1v) is 10.00. The van der Waals surface area contributed by atoms with Crippen molar-refractivity contribution in [3.05, 3.63) is 35.9 Å². The van der Waals surface area contributed by atoms with Crippen molar-refractivity contribution in [2.24, 2.45) is 0 Å². The standard InChI is InChI=1S/C21H33NO5/c1-3-5-12-26-15-17-20(27-13-6-4-2)18(23)19(24)21(25)22(17)14-16-10-8-7-9-11-16/h7-11,17-20,23-24H,3-6,12-15H2,1-2H3/t17?,18-,19+,20?/m1/s1. The first kappa shape index (κ1) is 21.8. The van der Waals surface area contributed by atoms with Gasteiger partial charge in [0.25, 0.3) is 5.91 Å². The second kappa shape index (κ2) is 11.4. The Morgan fingerprint density at radius 1 is 1.04 bits per heavy atom. The molecule has 0 aromatic heterocycles. The average Bonchev–Trinajstić information content (AvgIpc) is 2.69. The Hall–Kier alpha value is -1.47. The van der Waals surface area contributed by atoms with Gasteiger partial charge in [-0.1, -0.05) is 57.0 Å². The highest BCUT2D eigenvalue weighted by Crippen LogP contribution is 2.25. The third-order valence-corrected chi connectivity index (χ3v) is 4.91. The molecule has 1 amide bonds. The molecule has 1 heterocycles. The smallest absolute Gasteiger partial charge is 0.254 e. The van der Waals surface area contributed by atoms with Crippen molar-refractivity contribution >= 4 is 5.91 Å². The topological polar surface area (TPSA) is 79.2 Å². The summed E-state index contributed by atoms with van der Waals surface area (Å²) < 4.78 is 11.7. The van der Waals surface area contributed by atoms with Crippen LogP contribution in [-0.4, -0.2) is 65.2 Å². The van der Waals surface area contributed by atoms with Crippen molar-refractivity contribution in [2.45, 2.75) is 70.4 Å². The summed E-state index contributed by atoms with van der Waals surface area (Å²) in [4.78, 5) is 14.3. The average molecular weight is 379 g/mol. The summed E-state index contributed by atoms with van der Waals surface area (Å²) in [7, 11) is 0. The van der Waals surface area contributed by atoms with Gasteiger partial charge in [0, 0.05) is 19.8 Å². The summed E-state index contributed by atoms with van der Waals surface area (Å²) in [5.41, 5.74) is 0.959. The number of aliphatic hydroxyl groups excluding tert-OH is 2. The Labute approximate surface area is 162 Å². The van der Waals surface area contributed by atoms with Crippen molar-refractivity contribution in [2.75, 3.05) is 19.8 Å². The number of ether oxygens (including phenoxy) is 2. The minimum atomic E-state index is -1.48. The number of nitrogens with zero attached hydrogens (tertiary/aromatic N) is 1. The Morgan fingerprint density at radius 3 is 2.37 bits per heavy atom. The number of unbranched alkanes of at least 4 members (excludes halogenated alkanes) is 2. The lowest BCUT2D eigenvalue weighted by Crippen LogP contribution is -2.66. The molecule has 1 fully saturated rings. The maximum Gasteiger partial charge on any atom is 0.254 e. The molecular formula is C21H33NO5. The van der Waals surface area contributed by atoms with Crippen LogP contribution in [0.25, 0.3) is 0 Å². The van der Waals surface area contributed by atoms with Crippen LogP contribution in [0, 0.1) is 0 Å². The molecule has 0 aliphatic carbocycles. The number of piperidine rings is 1. The van der Waals surface area contributed by atoms with Gasteiger partial charge in [0.2, 0.25) is 0 Å². The summed E-state index contributed by atoms with van der Waals surface area (Å²) >= 11 is 0. The van der Waals surface area contributed by atoms with Gasteiger partial charge in [-0.2, -0.15) is 0 Å². The molecule has 1 aromatic carbocycles. The van der Waals surface area contributed by atoms with E-state index in [4.69, 9.17) is 9.47 Å². The maximum absolute atomic E-state index is 12.7. The van der Waals surface area contributed by atoms with E-state index in [-0.39, 0.29) is 6.61 Å². The fraction of sp³-hybridized carbons (Fsp3) is 0.667. The van der Waals surface area contributed by atoms with Crippen LogP contribution in [0.1, 0.15) is 45.1 Å². The molecule has 6 heteroatoms. The number of aliphatic hydroxyl groups is 2. The fourth-order valence-electron chi connectivity index (χ4n) is 3.25. The van der Waals surface area contributed by atoms with Gasteiger partial charge >= 0.3 is 0 Å². The van der Waals surface area contributed by atoms with Gasteiger partial charge < -0.3 is 24.6 Å². The largest absolute Gasteiger partial charge is 0.387 e. The molecule has 6 nitrogen and oxygen atoms in total. The summed E-state index contributed by atoms with van der Waals surface area (Å²) in [6, 6.07) is 9.18. The molecule has 4 atom stereocenters. The molecule has 0 spiro atoms. The fourth-order valence-corrected chi connectivity index (χ4v) is 3.25. The van der Waals surface area contributed by atoms with Crippen LogP contribution in [0.15, 0.2) is 30.3 Å². The molecule has 0 radical (unpaired) electrons. The SMILES string of the molecule is CCCCOCC1C(OCCCC)[C@H](O)[C@H](O)C(=O)N1Cc1ccccc1. The molecule has 1 aliphatic rings. The van der Waals surface area contributed by atoms with E-state index < -0.39 is 30.3 Å². The Bertz CT molecular complexity index is 553. The van der Waals surface area contributed by atoms with Crippen molar-refractivity contribution in [3.63, 3.8) is 0 Å². The van der Waals surface area contributed by atoms with E-state index in [1.165, 1.54) is 0 Å². The lowest BCUT2D eigenvalue weighted by molar-refractivity contribution is -0.190. The van der Waals surface area contributed by atoms with Gasteiger partial charge in [0.1, 0.15) is 12.2 Å². The van der Waals surface area contributed by atoms with Crippen LogP contribution in [0.3, 0.4) is 0 Å². The molecule has 2 rings (SSSR count). The highest BCUT2D eigenvalue weighted by Gasteiger charge is 2.48. The van der Waals surface area contributed by atoms with E-state index in [2.05, 4.69) is 13.8 Å². The van der Waals surface area contributed by atoms with Crippen LogP contribution >= 0.6 is 0 Å². The monoisotopic (exact) mass is 379 g/mol. The second-order valence-corrected chi connectivity index (χ2v) is 7.07. The Morgan fingerprint density at radius 2 is 1.70 bits per heavy atom. The zero-order chi connectivity index (χ0) is 19.6. The first-order valence-electron chi connectivity index (χ1n) is 10.00. The number of benzene rings is 1. The highest BCUT2D eigenvalue weighted by atomic mass is 16.5. The lowest BCUT2D eigenvalue weighted by atomic mass is 9.92. The van der Waals surface area contributed by atoms with Gasteiger partial charge in [0.15, 0.2) is 6.10 Å². The summed E-state index contributed by atoms with van der Waals surface area (Å²) in [5.74, 6) is -0.481. The Kier molecular flexibility index (Phi) is 9.21. The van der Waals surface area contributed by atoms with Crippen LogP contribution in [0.5, 0.6) is 0 Å². The number of carbonyl (C=O) groups excluding carboxylic acids is 1. The molecule has 0 saturated carbocycles. The summed E-state index contributed by atoms with van der Waals surface area (Å²) in [6.07, 6.45) is 0.384. The minimum Gasteiger partial charge on any atom is -0.387 e. The normalized spacial score (nSPS) is 25.8. The number of hydrogen-bond acceptors (Lipinski definition) is 5. The zero-order valence-electron chi connectivity index (χ0n) is 16.4. The van der Waals surface area contributed by atoms with Crippen molar-refractivity contribution in [1.82, 2.24) is 4.90 Å². The molecule has 27 heavy (non-hydrogen) atoms. The third kappa shape index (κ3) is 6.01. The van der Waals surface area contributed by atoms with Gasteiger partial charge in [-0.15, -0.1) is 0 Å². The molecule has 2 N–H and O–H groups in total. The molecular weight excluding hydrogens is 346 g/mol. The number of likely N-dealkylation sites (tertiary alicyclic amines) is 1. The minimum absolute atomic E-state index is 0.277. The number of amides is 1. The van der Waals surface area contributed by atoms with Crippen LogP contribution < -0.4 is 0 Å². The van der Waals surface area contributed by atoms with Crippen LogP contribution in [0.4, 0.5) is 0 Å². The third-order valence-electron chi connectivity index (χ3n) is 4.91. The van der Waals surface area contributed by atoms with E-state index in [1.54, 1.807) is 4.90 Å². The van der Waals surface area contributed by atoms with Gasteiger partial charge in [-0.25, -0.2) is 0 Å². The molecule has 1 aromatic rings. The summed E-state index contributed by atoms with van der Waals surface area (Å²) in [6.45, 7) is 5.85. The van der Waals surface area contributed by atoms with Crippen molar-refractivity contribution < 1.29 is 24.5 Å². The predicted molar refractivity (Wildman–Crippen MR) is 103 cm³/mol. The zero-order valence-corrected chi connectivity index (χ0v) is 16.4. The van der Waals surface area contributed by atoms with Crippen LogP contribution in [0.2, 0.25) is 0 Å². The molecule has 0 bridgehead atoms. The number of carbonyl (C=O) groups is 1. The highest BCUT2D eigenvalue weighted by molar-refractivity contribution is 5.83. The maximum atomic E-state index is 12.7. The van der Waals surface area contributed by atoms with Crippen molar-refractivity contribution in [1.29, 1.82) is 0 Å². The Balaban J connectivity index is 2.19. The van der Waals surface area contributed by atoms with Crippen LogP contribution in [-0.2, 0) is 20.8 Å². The molecule has 152 valence electrons. The predicted octanol–water partition coefficient (Wildman–Crippen LogP) is 2.12. The molecule has 1 saturated heterocycles. The van der Waals surface area contributed by atoms with E-state index in [0.717, 1.165) is 31.2 Å². The van der Waals surface area contributed by atoms with Gasteiger partial charge in [0.05, 0.1) is 12.6 Å². The van der Waals surface area contributed by atoms with E-state index in [1.807, 2.05) is 30.3 Å². The quantitative estimate of drug-likeness (QED) is 0.576. The van der Waals surface area contributed by atoms with E-state index >= 15 is 0 Å². The lowest BCUT2D eigenvalue weighted by Gasteiger charge is -2.45. The number of hydrogen-bond donors (Lipinski definition) is 2. The molecule has 2 unspecified atom stereocenters. The van der Waals surface area contributed by atoms with E-state index in [9.17, 15) is 15.0 Å². The van der Waals surface area contributed by atoms with Gasteiger partial charge in [-0.05, 0) is 18.4 Å². The van der Waals surface area contributed by atoms with E-state index in [0.29, 0.717) is 19.8 Å². The summed E-state index contributed by atoms with van der Waals surface area (Å²) in [5, 5.41) is 20.8. The van der Waals surface area contributed by atoms with Gasteiger partial charge in [-0.3, -0.25) is 4.79 Å².